The molecule has 0 unspecified atom stereocenters. The number of halogens is 1. The number of aryl methyl sites for hydroxylation is 1. The number of piperidine rings is 1. The number of ether oxygens (including phenoxy) is 1. The standard InChI is InChI=1S/C19H35N7OS.HI/c1-4-17-22-19(28-23-17)26-11-9-25(10-12-26)18(20-2)21-15-16-5-7-24(8-6-16)13-14-27-3;/h16H,4-15H2,1-3H3,(H,20,21);1H. The first-order chi connectivity index (χ1) is 13.7. The average Bonchev–Trinajstić information content (AvgIpc) is 3.23. The first kappa shape index (κ1) is 24.5. The molecule has 1 aromatic rings. The highest BCUT2D eigenvalue weighted by Crippen LogP contribution is 2.20. The van der Waals surface area contributed by atoms with Gasteiger partial charge in [-0.05, 0) is 31.8 Å². The van der Waals surface area contributed by atoms with Gasteiger partial charge in [0.1, 0.15) is 5.82 Å². The third kappa shape index (κ3) is 7.18. The second kappa shape index (κ2) is 12.9. The Labute approximate surface area is 196 Å². The molecule has 0 bridgehead atoms. The Bertz CT molecular complexity index is 613. The number of nitrogens with zero attached hydrogens (tertiary/aromatic N) is 6. The number of likely N-dealkylation sites (tertiary alicyclic amines) is 1. The Morgan fingerprint density at radius 2 is 1.93 bits per heavy atom. The maximum Gasteiger partial charge on any atom is 0.205 e. The molecule has 2 aliphatic heterocycles. The van der Waals surface area contributed by atoms with Crippen LogP contribution in [-0.4, -0.2) is 98.2 Å². The number of aliphatic imine (C=N–C) groups is 1. The van der Waals surface area contributed by atoms with Crippen molar-refractivity contribution in [3.63, 3.8) is 0 Å². The fraction of sp³-hybridized carbons (Fsp3) is 0.842. The Morgan fingerprint density at radius 1 is 1.21 bits per heavy atom. The van der Waals surface area contributed by atoms with Crippen LogP contribution in [0.25, 0.3) is 0 Å². The number of piperazine rings is 1. The normalized spacial score (nSPS) is 19.3. The predicted octanol–water partition coefficient (Wildman–Crippen LogP) is 1.77. The molecule has 0 spiro atoms. The molecule has 1 aromatic heterocycles. The van der Waals surface area contributed by atoms with Crippen molar-refractivity contribution < 1.29 is 4.74 Å². The Hall–Kier alpha value is -0.720. The molecule has 29 heavy (non-hydrogen) atoms. The zero-order valence-corrected chi connectivity index (χ0v) is 21.1. The van der Waals surface area contributed by atoms with Gasteiger partial charge in [0.2, 0.25) is 5.13 Å². The fourth-order valence-corrected chi connectivity index (χ4v) is 4.63. The number of nitrogens with one attached hydrogen (secondary N) is 1. The van der Waals surface area contributed by atoms with Crippen molar-refractivity contribution in [2.75, 3.05) is 78.0 Å². The molecule has 3 rings (SSSR count). The van der Waals surface area contributed by atoms with Crippen LogP contribution in [0.15, 0.2) is 4.99 Å². The van der Waals surface area contributed by atoms with Gasteiger partial charge in [0.15, 0.2) is 5.96 Å². The van der Waals surface area contributed by atoms with E-state index in [-0.39, 0.29) is 24.0 Å². The van der Waals surface area contributed by atoms with E-state index in [2.05, 4.69) is 41.3 Å². The van der Waals surface area contributed by atoms with Gasteiger partial charge in [-0.15, -0.1) is 24.0 Å². The van der Waals surface area contributed by atoms with Crippen LogP contribution in [-0.2, 0) is 11.2 Å². The molecule has 1 N–H and O–H groups in total. The van der Waals surface area contributed by atoms with Crippen LogP contribution >= 0.6 is 35.5 Å². The number of rotatable bonds is 7. The Morgan fingerprint density at radius 3 is 2.52 bits per heavy atom. The average molecular weight is 538 g/mol. The van der Waals surface area contributed by atoms with E-state index in [1.54, 1.807) is 7.11 Å². The first-order valence-electron chi connectivity index (χ1n) is 10.5. The predicted molar refractivity (Wildman–Crippen MR) is 131 cm³/mol. The summed E-state index contributed by atoms with van der Waals surface area (Å²) >= 11 is 1.52. The number of hydrogen-bond donors (Lipinski definition) is 1. The molecule has 8 nitrogen and oxygen atoms in total. The lowest BCUT2D eigenvalue weighted by molar-refractivity contribution is 0.120. The van der Waals surface area contributed by atoms with Crippen LogP contribution in [0.5, 0.6) is 0 Å². The van der Waals surface area contributed by atoms with E-state index >= 15 is 0 Å². The summed E-state index contributed by atoms with van der Waals surface area (Å²) in [5.41, 5.74) is 0. The summed E-state index contributed by atoms with van der Waals surface area (Å²) < 4.78 is 9.60. The highest BCUT2D eigenvalue weighted by Gasteiger charge is 2.23. The maximum atomic E-state index is 5.19. The van der Waals surface area contributed by atoms with Gasteiger partial charge < -0.3 is 24.8 Å². The SMILES string of the molecule is CCc1nsc(N2CCN(C(=NC)NCC3CCN(CCOC)CC3)CC2)n1.I. The fourth-order valence-electron chi connectivity index (χ4n) is 3.83. The van der Waals surface area contributed by atoms with Gasteiger partial charge in [-0.2, -0.15) is 4.37 Å². The molecule has 0 aromatic carbocycles. The van der Waals surface area contributed by atoms with Crippen molar-refractivity contribution >= 4 is 46.6 Å². The van der Waals surface area contributed by atoms with Gasteiger partial charge in [0.05, 0.1) is 6.61 Å². The summed E-state index contributed by atoms with van der Waals surface area (Å²) in [6, 6.07) is 0. The molecule has 2 saturated heterocycles. The Balaban J connectivity index is 0.00000300. The topological polar surface area (TPSA) is 69.1 Å². The smallest absolute Gasteiger partial charge is 0.205 e. The van der Waals surface area contributed by atoms with E-state index < -0.39 is 0 Å². The number of hydrogen-bond acceptors (Lipinski definition) is 7. The molecule has 2 fully saturated rings. The number of methoxy groups -OCH3 is 1. The van der Waals surface area contributed by atoms with Crippen molar-refractivity contribution in [2.24, 2.45) is 10.9 Å². The molecule has 10 heteroatoms. The quantitative estimate of drug-likeness (QED) is 0.323. The lowest BCUT2D eigenvalue weighted by atomic mass is 9.97. The third-order valence-corrected chi connectivity index (χ3v) is 6.52. The summed E-state index contributed by atoms with van der Waals surface area (Å²) in [7, 11) is 3.67. The van der Waals surface area contributed by atoms with Gasteiger partial charge in [-0.1, -0.05) is 6.92 Å². The van der Waals surface area contributed by atoms with Crippen molar-refractivity contribution in [3.05, 3.63) is 5.82 Å². The molecule has 166 valence electrons. The van der Waals surface area contributed by atoms with Gasteiger partial charge in [0, 0.05) is 71.4 Å². The summed E-state index contributed by atoms with van der Waals surface area (Å²) in [5.74, 6) is 2.71. The summed E-state index contributed by atoms with van der Waals surface area (Å²) in [4.78, 5) is 16.4. The van der Waals surface area contributed by atoms with Crippen molar-refractivity contribution in [2.45, 2.75) is 26.2 Å². The van der Waals surface area contributed by atoms with Crippen LogP contribution in [0.4, 0.5) is 5.13 Å². The molecule has 0 aliphatic carbocycles. The van der Waals surface area contributed by atoms with Crippen molar-refractivity contribution in [3.8, 4) is 0 Å². The largest absolute Gasteiger partial charge is 0.383 e. The molecule has 2 aliphatic rings. The second-order valence-electron chi connectivity index (χ2n) is 7.53. The zero-order chi connectivity index (χ0) is 19.8. The first-order valence-corrected chi connectivity index (χ1v) is 11.2. The monoisotopic (exact) mass is 537 g/mol. The van der Waals surface area contributed by atoms with Crippen LogP contribution in [0, 0.1) is 5.92 Å². The van der Waals surface area contributed by atoms with Gasteiger partial charge in [-0.3, -0.25) is 4.99 Å². The molecular weight excluding hydrogens is 501 g/mol. The van der Waals surface area contributed by atoms with Gasteiger partial charge >= 0.3 is 0 Å². The summed E-state index contributed by atoms with van der Waals surface area (Å²) in [5, 5.41) is 4.68. The number of anilines is 1. The summed E-state index contributed by atoms with van der Waals surface area (Å²) in [6.07, 6.45) is 3.40. The molecule has 0 atom stereocenters. The summed E-state index contributed by atoms with van der Waals surface area (Å²) in [6.45, 7) is 11.2. The van der Waals surface area contributed by atoms with E-state index in [1.807, 2.05) is 7.05 Å². The maximum absolute atomic E-state index is 5.19. The van der Waals surface area contributed by atoms with E-state index in [4.69, 9.17) is 4.74 Å². The van der Waals surface area contributed by atoms with Gasteiger partial charge in [-0.25, -0.2) is 4.98 Å². The third-order valence-electron chi connectivity index (χ3n) is 5.70. The second-order valence-corrected chi connectivity index (χ2v) is 8.26. The molecule has 0 amide bonds. The van der Waals surface area contributed by atoms with E-state index in [0.717, 1.165) is 75.1 Å². The van der Waals surface area contributed by atoms with Crippen LogP contribution in [0.3, 0.4) is 0 Å². The number of guanidine groups is 1. The minimum absolute atomic E-state index is 0. The van der Waals surface area contributed by atoms with Crippen molar-refractivity contribution in [1.29, 1.82) is 0 Å². The van der Waals surface area contributed by atoms with Crippen molar-refractivity contribution in [1.82, 2.24) is 24.5 Å². The van der Waals surface area contributed by atoms with Crippen LogP contribution in [0.2, 0.25) is 0 Å². The highest BCUT2D eigenvalue weighted by atomic mass is 127. The highest BCUT2D eigenvalue weighted by molar-refractivity contribution is 14.0. The van der Waals surface area contributed by atoms with E-state index in [0.29, 0.717) is 0 Å². The number of aromatic nitrogens is 2. The molecule has 3 heterocycles. The minimum Gasteiger partial charge on any atom is -0.383 e. The Kier molecular flexibility index (Phi) is 10.9. The van der Waals surface area contributed by atoms with E-state index in [1.165, 1.54) is 37.5 Å². The molecular formula is C19H36IN7OS. The van der Waals surface area contributed by atoms with Gasteiger partial charge in [0.25, 0.3) is 0 Å². The van der Waals surface area contributed by atoms with Crippen LogP contribution in [0.1, 0.15) is 25.6 Å². The minimum atomic E-state index is 0. The van der Waals surface area contributed by atoms with Crippen LogP contribution < -0.4 is 10.2 Å². The lowest BCUT2D eigenvalue weighted by Gasteiger charge is -2.37. The molecule has 0 radical (unpaired) electrons. The molecule has 0 saturated carbocycles. The lowest BCUT2D eigenvalue weighted by Crippen LogP contribution is -2.53. The van der Waals surface area contributed by atoms with E-state index in [9.17, 15) is 0 Å². The zero-order valence-electron chi connectivity index (χ0n) is 18.0.